The molecule has 0 aliphatic rings. The first kappa shape index (κ1) is 9.01. The second-order valence-corrected chi connectivity index (χ2v) is 2.34. The Kier molecular flexibility index (Phi) is 3.28. The van der Waals surface area contributed by atoms with Crippen LogP contribution in [-0.2, 0) is 0 Å². The molecule has 0 amide bonds. The highest BCUT2D eigenvalue weighted by molar-refractivity contribution is 6.08. The molecule has 0 aliphatic carbocycles. The SMILES string of the molecule is N#CC(/C=C/c1ccccc1)=N\O. The molecule has 0 bridgehead atoms. The van der Waals surface area contributed by atoms with Crippen LogP contribution in [-0.4, -0.2) is 10.9 Å². The molecule has 0 unspecified atom stereocenters. The van der Waals surface area contributed by atoms with E-state index in [1.54, 1.807) is 12.1 Å². The summed E-state index contributed by atoms with van der Waals surface area (Å²) in [7, 11) is 0. The minimum Gasteiger partial charge on any atom is -0.410 e. The molecule has 0 heterocycles. The maximum absolute atomic E-state index is 8.41. The van der Waals surface area contributed by atoms with Gasteiger partial charge in [-0.15, -0.1) is 0 Å². The molecule has 0 radical (unpaired) electrons. The first-order valence-electron chi connectivity index (χ1n) is 3.72. The number of nitrogens with zero attached hydrogens (tertiary/aromatic N) is 2. The minimum atomic E-state index is -0.0103. The molecule has 1 aromatic rings. The number of rotatable bonds is 2. The molecular formula is C10H8N2O. The Morgan fingerprint density at radius 1 is 1.38 bits per heavy atom. The molecule has 3 nitrogen and oxygen atoms in total. The molecule has 64 valence electrons. The topological polar surface area (TPSA) is 56.4 Å². The van der Waals surface area contributed by atoms with Gasteiger partial charge in [-0.1, -0.05) is 41.6 Å². The van der Waals surface area contributed by atoms with Crippen molar-refractivity contribution in [2.24, 2.45) is 5.16 Å². The van der Waals surface area contributed by atoms with Gasteiger partial charge in [0, 0.05) is 0 Å². The van der Waals surface area contributed by atoms with Crippen LogP contribution in [0.1, 0.15) is 5.56 Å². The van der Waals surface area contributed by atoms with Crippen molar-refractivity contribution in [3.63, 3.8) is 0 Å². The van der Waals surface area contributed by atoms with Gasteiger partial charge in [0.1, 0.15) is 6.07 Å². The van der Waals surface area contributed by atoms with Gasteiger partial charge in [-0.2, -0.15) is 5.26 Å². The van der Waals surface area contributed by atoms with Crippen molar-refractivity contribution >= 4 is 11.8 Å². The Morgan fingerprint density at radius 2 is 2.08 bits per heavy atom. The Morgan fingerprint density at radius 3 is 2.62 bits per heavy atom. The highest BCUT2D eigenvalue weighted by Crippen LogP contribution is 2.00. The van der Waals surface area contributed by atoms with Gasteiger partial charge in [-0.05, 0) is 11.6 Å². The van der Waals surface area contributed by atoms with E-state index in [9.17, 15) is 0 Å². The zero-order valence-corrected chi connectivity index (χ0v) is 6.88. The standard InChI is InChI=1S/C10H8N2O/c11-8-10(12-13)7-6-9-4-2-1-3-5-9/h1-7,13H/b7-6+,12-10-. The Bertz CT molecular complexity index is 360. The molecule has 0 saturated carbocycles. The summed E-state index contributed by atoms with van der Waals surface area (Å²) in [5.41, 5.74) is 0.947. The van der Waals surface area contributed by atoms with Gasteiger partial charge < -0.3 is 5.21 Å². The lowest BCUT2D eigenvalue weighted by atomic mass is 10.2. The first-order valence-corrected chi connectivity index (χ1v) is 3.72. The van der Waals surface area contributed by atoms with Crippen molar-refractivity contribution < 1.29 is 5.21 Å². The normalized spacial score (nSPS) is 11.5. The average Bonchev–Trinajstić information content (AvgIpc) is 2.21. The number of allylic oxidation sites excluding steroid dienone is 1. The number of hydrogen-bond donors (Lipinski definition) is 1. The van der Waals surface area contributed by atoms with E-state index >= 15 is 0 Å². The molecule has 0 fully saturated rings. The third-order valence-electron chi connectivity index (χ3n) is 1.46. The van der Waals surface area contributed by atoms with Crippen molar-refractivity contribution in [1.29, 1.82) is 5.26 Å². The van der Waals surface area contributed by atoms with Crippen LogP contribution in [0, 0.1) is 11.3 Å². The summed E-state index contributed by atoms with van der Waals surface area (Å²) in [6, 6.07) is 11.2. The van der Waals surface area contributed by atoms with Gasteiger partial charge in [-0.3, -0.25) is 0 Å². The van der Waals surface area contributed by atoms with Crippen molar-refractivity contribution in [3.8, 4) is 6.07 Å². The molecule has 3 heteroatoms. The van der Waals surface area contributed by atoms with Crippen LogP contribution in [0.15, 0.2) is 41.6 Å². The summed E-state index contributed by atoms with van der Waals surface area (Å²) in [4.78, 5) is 0. The van der Waals surface area contributed by atoms with E-state index in [4.69, 9.17) is 10.5 Å². The highest BCUT2D eigenvalue weighted by Gasteiger charge is 1.89. The third kappa shape index (κ3) is 2.80. The summed E-state index contributed by atoms with van der Waals surface area (Å²) in [5.74, 6) is 0. The Hall–Kier alpha value is -2.08. The van der Waals surface area contributed by atoms with E-state index in [0.29, 0.717) is 0 Å². The Balaban J connectivity index is 2.76. The van der Waals surface area contributed by atoms with E-state index in [1.165, 1.54) is 6.08 Å². The summed E-state index contributed by atoms with van der Waals surface area (Å²) in [6.07, 6.45) is 3.16. The third-order valence-corrected chi connectivity index (χ3v) is 1.46. The van der Waals surface area contributed by atoms with Crippen molar-refractivity contribution in [1.82, 2.24) is 0 Å². The molecule has 1 aromatic carbocycles. The summed E-state index contributed by atoms with van der Waals surface area (Å²) in [5, 5.41) is 19.5. The summed E-state index contributed by atoms with van der Waals surface area (Å²) in [6.45, 7) is 0. The number of nitriles is 1. The molecular weight excluding hydrogens is 164 g/mol. The molecule has 1 rings (SSSR count). The number of benzene rings is 1. The smallest absolute Gasteiger partial charge is 0.179 e. The molecule has 0 spiro atoms. The van der Waals surface area contributed by atoms with Crippen LogP contribution >= 0.6 is 0 Å². The maximum Gasteiger partial charge on any atom is 0.179 e. The second-order valence-electron chi connectivity index (χ2n) is 2.34. The van der Waals surface area contributed by atoms with Crippen LogP contribution in [0.3, 0.4) is 0 Å². The van der Waals surface area contributed by atoms with Gasteiger partial charge in [-0.25, -0.2) is 0 Å². The molecule has 0 aromatic heterocycles. The molecule has 0 aliphatic heterocycles. The predicted molar refractivity (Wildman–Crippen MR) is 50.3 cm³/mol. The van der Waals surface area contributed by atoms with E-state index in [1.807, 2.05) is 30.3 Å². The van der Waals surface area contributed by atoms with Crippen molar-refractivity contribution in [2.75, 3.05) is 0 Å². The van der Waals surface area contributed by atoms with Gasteiger partial charge in [0.05, 0.1) is 0 Å². The van der Waals surface area contributed by atoms with Gasteiger partial charge in [0.25, 0.3) is 0 Å². The summed E-state index contributed by atoms with van der Waals surface area (Å²) >= 11 is 0. The minimum absolute atomic E-state index is 0.0103. The molecule has 0 saturated heterocycles. The monoisotopic (exact) mass is 172 g/mol. The average molecular weight is 172 g/mol. The van der Waals surface area contributed by atoms with E-state index in [0.717, 1.165) is 5.56 Å². The maximum atomic E-state index is 8.41. The van der Waals surface area contributed by atoms with Crippen LogP contribution in [0.2, 0.25) is 0 Å². The lowest BCUT2D eigenvalue weighted by Crippen LogP contribution is -1.85. The van der Waals surface area contributed by atoms with Crippen LogP contribution < -0.4 is 0 Å². The number of hydrogen-bond acceptors (Lipinski definition) is 3. The molecule has 0 atom stereocenters. The number of oxime groups is 1. The van der Waals surface area contributed by atoms with E-state index in [2.05, 4.69) is 5.16 Å². The first-order chi connectivity index (χ1) is 6.36. The largest absolute Gasteiger partial charge is 0.410 e. The molecule has 13 heavy (non-hydrogen) atoms. The predicted octanol–water partition coefficient (Wildman–Crippen LogP) is 2.05. The van der Waals surface area contributed by atoms with Crippen LogP contribution in [0.5, 0.6) is 0 Å². The van der Waals surface area contributed by atoms with Gasteiger partial charge in [0.2, 0.25) is 0 Å². The fourth-order valence-electron chi connectivity index (χ4n) is 0.832. The summed E-state index contributed by atoms with van der Waals surface area (Å²) < 4.78 is 0. The highest BCUT2D eigenvalue weighted by atomic mass is 16.4. The zero-order chi connectivity index (χ0) is 9.52. The lowest BCUT2D eigenvalue weighted by molar-refractivity contribution is 0.320. The fraction of sp³-hybridized carbons (Fsp3) is 0. The van der Waals surface area contributed by atoms with E-state index < -0.39 is 0 Å². The van der Waals surface area contributed by atoms with Crippen LogP contribution in [0.25, 0.3) is 6.08 Å². The van der Waals surface area contributed by atoms with Gasteiger partial charge >= 0.3 is 0 Å². The zero-order valence-electron chi connectivity index (χ0n) is 6.88. The Labute approximate surface area is 76.2 Å². The van der Waals surface area contributed by atoms with Crippen molar-refractivity contribution in [2.45, 2.75) is 0 Å². The second kappa shape index (κ2) is 4.73. The van der Waals surface area contributed by atoms with E-state index in [-0.39, 0.29) is 5.71 Å². The lowest BCUT2D eigenvalue weighted by Gasteiger charge is -1.89. The van der Waals surface area contributed by atoms with Gasteiger partial charge in [0.15, 0.2) is 5.71 Å². The van der Waals surface area contributed by atoms with Crippen molar-refractivity contribution in [3.05, 3.63) is 42.0 Å². The molecule has 1 N–H and O–H groups in total. The fourth-order valence-corrected chi connectivity index (χ4v) is 0.832. The quantitative estimate of drug-likeness (QED) is 0.421. The van der Waals surface area contributed by atoms with Crippen LogP contribution in [0.4, 0.5) is 0 Å².